The standard InChI is InChI=1S/C13H16ClNO4S/c1-8-5-11(20(14,17)18)6-9(2)12(8)15-13(16)10-3-4-19-7-10/h5-6,10H,3-4,7H2,1-2H3,(H,15,16). The van der Waals surface area contributed by atoms with Crippen LogP contribution in [0.2, 0.25) is 0 Å². The van der Waals surface area contributed by atoms with Gasteiger partial charge in [0, 0.05) is 23.0 Å². The molecule has 5 nitrogen and oxygen atoms in total. The minimum atomic E-state index is -3.77. The molecule has 0 aromatic heterocycles. The summed E-state index contributed by atoms with van der Waals surface area (Å²) in [4.78, 5) is 12.1. The van der Waals surface area contributed by atoms with Crippen molar-refractivity contribution in [2.24, 2.45) is 5.92 Å². The number of aryl methyl sites for hydroxylation is 2. The largest absolute Gasteiger partial charge is 0.381 e. The van der Waals surface area contributed by atoms with E-state index < -0.39 is 9.05 Å². The molecule has 1 aliphatic rings. The molecule has 2 rings (SSSR count). The lowest BCUT2D eigenvalue weighted by Gasteiger charge is -2.15. The first-order valence-electron chi connectivity index (χ1n) is 6.23. The SMILES string of the molecule is Cc1cc(S(=O)(=O)Cl)cc(C)c1NC(=O)C1CCOC1. The number of ether oxygens (including phenoxy) is 1. The fraction of sp³-hybridized carbons (Fsp3) is 0.462. The molecule has 1 N–H and O–H groups in total. The van der Waals surface area contributed by atoms with Crippen LogP contribution in [0.1, 0.15) is 17.5 Å². The van der Waals surface area contributed by atoms with Crippen molar-refractivity contribution in [1.82, 2.24) is 0 Å². The number of hydrogen-bond acceptors (Lipinski definition) is 4. The monoisotopic (exact) mass is 317 g/mol. The van der Waals surface area contributed by atoms with Crippen molar-refractivity contribution in [1.29, 1.82) is 0 Å². The Morgan fingerprint density at radius 3 is 2.40 bits per heavy atom. The summed E-state index contributed by atoms with van der Waals surface area (Å²) in [5.41, 5.74) is 1.96. The van der Waals surface area contributed by atoms with Gasteiger partial charge in [-0.15, -0.1) is 0 Å². The molecular formula is C13H16ClNO4S. The summed E-state index contributed by atoms with van der Waals surface area (Å²) in [5.74, 6) is -0.250. The zero-order valence-corrected chi connectivity index (χ0v) is 12.8. The highest BCUT2D eigenvalue weighted by Crippen LogP contribution is 2.27. The van der Waals surface area contributed by atoms with Crippen LogP contribution in [0, 0.1) is 19.8 Å². The van der Waals surface area contributed by atoms with E-state index in [1.807, 2.05) is 0 Å². The molecule has 1 saturated heterocycles. The number of amides is 1. The van der Waals surface area contributed by atoms with Crippen LogP contribution in [-0.4, -0.2) is 27.5 Å². The molecule has 1 amide bonds. The molecule has 0 saturated carbocycles. The molecule has 7 heteroatoms. The Hall–Kier alpha value is -1.11. The fourth-order valence-corrected chi connectivity index (χ4v) is 3.13. The predicted molar refractivity (Wildman–Crippen MR) is 76.5 cm³/mol. The maximum atomic E-state index is 12.1. The first-order valence-corrected chi connectivity index (χ1v) is 8.54. The number of hydrogen-bond donors (Lipinski definition) is 1. The van der Waals surface area contributed by atoms with E-state index in [-0.39, 0.29) is 16.7 Å². The van der Waals surface area contributed by atoms with Gasteiger partial charge in [0.2, 0.25) is 5.91 Å². The van der Waals surface area contributed by atoms with Gasteiger partial charge in [-0.3, -0.25) is 4.79 Å². The summed E-state index contributed by atoms with van der Waals surface area (Å²) in [6.45, 7) is 4.50. The van der Waals surface area contributed by atoms with Gasteiger partial charge in [0.1, 0.15) is 0 Å². The second-order valence-electron chi connectivity index (χ2n) is 4.92. The Morgan fingerprint density at radius 1 is 1.35 bits per heavy atom. The minimum absolute atomic E-state index is 0.0383. The van der Waals surface area contributed by atoms with E-state index in [9.17, 15) is 13.2 Å². The molecule has 0 bridgehead atoms. The molecule has 1 aliphatic heterocycles. The van der Waals surface area contributed by atoms with Gasteiger partial charge in [0.15, 0.2) is 0 Å². The number of anilines is 1. The van der Waals surface area contributed by atoms with Gasteiger partial charge in [-0.2, -0.15) is 0 Å². The lowest BCUT2D eigenvalue weighted by molar-refractivity contribution is -0.119. The molecule has 1 aromatic rings. The lowest BCUT2D eigenvalue weighted by Crippen LogP contribution is -2.23. The van der Waals surface area contributed by atoms with Gasteiger partial charge in [0.05, 0.1) is 17.4 Å². The summed E-state index contributed by atoms with van der Waals surface area (Å²) in [6.07, 6.45) is 0.706. The summed E-state index contributed by atoms with van der Waals surface area (Å²) in [5, 5.41) is 2.84. The van der Waals surface area contributed by atoms with Gasteiger partial charge in [-0.05, 0) is 43.5 Å². The van der Waals surface area contributed by atoms with E-state index in [1.54, 1.807) is 13.8 Å². The molecule has 1 fully saturated rings. The Balaban J connectivity index is 2.26. The Morgan fingerprint density at radius 2 is 1.95 bits per heavy atom. The maximum Gasteiger partial charge on any atom is 0.261 e. The van der Waals surface area contributed by atoms with Gasteiger partial charge >= 0.3 is 0 Å². The van der Waals surface area contributed by atoms with Crippen molar-refractivity contribution in [3.63, 3.8) is 0 Å². The summed E-state index contributed by atoms with van der Waals surface area (Å²) in [7, 11) is 1.56. The molecule has 1 atom stereocenters. The van der Waals surface area contributed by atoms with Crippen LogP contribution in [0.5, 0.6) is 0 Å². The normalized spacial score (nSPS) is 19.1. The van der Waals surface area contributed by atoms with E-state index >= 15 is 0 Å². The maximum absolute atomic E-state index is 12.1. The van der Waals surface area contributed by atoms with E-state index in [0.29, 0.717) is 36.4 Å². The third kappa shape index (κ3) is 3.31. The number of halogens is 1. The van der Waals surface area contributed by atoms with Crippen LogP contribution in [0.3, 0.4) is 0 Å². The number of carbonyl (C=O) groups is 1. The summed E-state index contributed by atoms with van der Waals surface area (Å²) in [6, 6.07) is 2.91. The summed E-state index contributed by atoms with van der Waals surface area (Å²) < 4.78 is 27.9. The summed E-state index contributed by atoms with van der Waals surface area (Å²) >= 11 is 0. The predicted octanol–water partition coefficient (Wildman–Crippen LogP) is 2.21. The molecule has 1 heterocycles. The molecule has 110 valence electrons. The zero-order valence-electron chi connectivity index (χ0n) is 11.3. The zero-order chi connectivity index (χ0) is 14.9. The number of rotatable bonds is 3. The topological polar surface area (TPSA) is 72.5 Å². The number of carbonyl (C=O) groups excluding carboxylic acids is 1. The van der Waals surface area contributed by atoms with Crippen molar-refractivity contribution in [2.75, 3.05) is 18.5 Å². The third-order valence-corrected chi connectivity index (χ3v) is 4.67. The van der Waals surface area contributed by atoms with E-state index in [4.69, 9.17) is 15.4 Å². The quantitative estimate of drug-likeness (QED) is 0.867. The number of nitrogens with one attached hydrogen (secondary N) is 1. The molecule has 0 aliphatic carbocycles. The molecule has 1 aromatic carbocycles. The Labute approximate surface area is 122 Å². The van der Waals surface area contributed by atoms with Crippen LogP contribution in [0.15, 0.2) is 17.0 Å². The lowest BCUT2D eigenvalue weighted by atomic mass is 10.1. The average molecular weight is 318 g/mol. The van der Waals surface area contributed by atoms with Crippen molar-refractivity contribution in [3.05, 3.63) is 23.3 Å². The van der Waals surface area contributed by atoms with E-state index in [0.717, 1.165) is 0 Å². The number of benzene rings is 1. The van der Waals surface area contributed by atoms with Crippen molar-refractivity contribution in [2.45, 2.75) is 25.2 Å². The Kier molecular flexibility index (Phi) is 4.36. The highest BCUT2D eigenvalue weighted by atomic mass is 35.7. The average Bonchev–Trinajstić information content (AvgIpc) is 2.85. The van der Waals surface area contributed by atoms with Crippen molar-refractivity contribution >= 4 is 31.3 Å². The second-order valence-corrected chi connectivity index (χ2v) is 7.49. The molecule has 1 unspecified atom stereocenters. The van der Waals surface area contributed by atoms with E-state index in [1.165, 1.54) is 12.1 Å². The van der Waals surface area contributed by atoms with Crippen LogP contribution in [0.4, 0.5) is 5.69 Å². The van der Waals surface area contributed by atoms with Gasteiger partial charge in [-0.25, -0.2) is 8.42 Å². The fourth-order valence-electron chi connectivity index (χ4n) is 2.23. The molecule has 0 radical (unpaired) electrons. The van der Waals surface area contributed by atoms with Crippen LogP contribution in [0.25, 0.3) is 0 Å². The second kappa shape index (κ2) is 5.71. The van der Waals surface area contributed by atoms with Crippen molar-refractivity contribution in [3.8, 4) is 0 Å². The van der Waals surface area contributed by atoms with Gasteiger partial charge in [-0.1, -0.05) is 0 Å². The van der Waals surface area contributed by atoms with Gasteiger partial charge in [0.25, 0.3) is 9.05 Å². The van der Waals surface area contributed by atoms with E-state index in [2.05, 4.69) is 5.32 Å². The van der Waals surface area contributed by atoms with Crippen molar-refractivity contribution < 1.29 is 17.9 Å². The highest BCUT2D eigenvalue weighted by molar-refractivity contribution is 8.13. The first-order chi connectivity index (χ1) is 9.29. The first kappa shape index (κ1) is 15.3. The van der Waals surface area contributed by atoms with Gasteiger partial charge < -0.3 is 10.1 Å². The van der Waals surface area contributed by atoms with Crippen LogP contribution < -0.4 is 5.32 Å². The molecule has 0 spiro atoms. The molecule has 20 heavy (non-hydrogen) atoms. The highest BCUT2D eigenvalue weighted by Gasteiger charge is 2.24. The van der Waals surface area contributed by atoms with Crippen LogP contribution >= 0.6 is 10.7 Å². The molecular weight excluding hydrogens is 302 g/mol. The third-order valence-electron chi connectivity index (χ3n) is 3.34. The Bertz CT molecular complexity index is 613. The van der Waals surface area contributed by atoms with Crippen LogP contribution in [-0.2, 0) is 18.6 Å². The smallest absolute Gasteiger partial charge is 0.261 e. The minimum Gasteiger partial charge on any atom is -0.381 e.